The number of anilines is 1. The number of nitrogens with one attached hydrogen (secondary N) is 1. The van der Waals surface area contributed by atoms with Crippen LogP contribution in [0.25, 0.3) is 10.9 Å². The molecule has 2 aliphatic heterocycles. The normalized spacial score (nSPS) is 22.4. The van der Waals surface area contributed by atoms with Gasteiger partial charge < -0.3 is 14.6 Å². The molecule has 2 aromatic rings. The summed E-state index contributed by atoms with van der Waals surface area (Å²) < 4.78 is 1.99. The van der Waals surface area contributed by atoms with Gasteiger partial charge in [-0.1, -0.05) is 6.07 Å². The van der Waals surface area contributed by atoms with Crippen molar-refractivity contribution in [2.75, 3.05) is 24.6 Å². The molecule has 0 saturated carbocycles. The second kappa shape index (κ2) is 6.52. The fraction of sp³-hybridized carbons (Fsp3) is 0.474. The molecule has 6 nitrogen and oxygen atoms in total. The number of piperidine rings is 2. The van der Waals surface area contributed by atoms with Crippen molar-refractivity contribution in [2.45, 2.75) is 31.7 Å². The fourth-order valence-electron chi connectivity index (χ4n) is 4.02. The van der Waals surface area contributed by atoms with Gasteiger partial charge in [0.15, 0.2) is 0 Å². The summed E-state index contributed by atoms with van der Waals surface area (Å²) in [5, 5.41) is 12.9. The Morgan fingerprint density at radius 2 is 1.92 bits per heavy atom. The van der Waals surface area contributed by atoms with Gasteiger partial charge in [-0.15, -0.1) is 0 Å². The van der Waals surface area contributed by atoms with Crippen molar-refractivity contribution >= 4 is 28.4 Å². The first-order valence-electron chi connectivity index (χ1n) is 8.96. The number of nitrogens with zero attached hydrogens (tertiary/aromatic N) is 2. The second-order valence-corrected chi connectivity index (χ2v) is 7.01. The molecule has 2 fully saturated rings. The van der Waals surface area contributed by atoms with E-state index in [0.717, 1.165) is 36.8 Å². The van der Waals surface area contributed by atoms with E-state index in [4.69, 9.17) is 0 Å². The number of rotatable bonds is 3. The Labute approximate surface area is 146 Å². The van der Waals surface area contributed by atoms with Crippen molar-refractivity contribution in [3.8, 4) is 0 Å². The quantitative estimate of drug-likeness (QED) is 0.835. The lowest BCUT2D eigenvalue weighted by Crippen LogP contribution is -2.41. The number of aliphatic hydroxyl groups is 1. The predicted octanol–water partition coefficient (Wildman–Crippen LogP) is 1.83. The highest BCUT2D eigenvalue weighted by Crippen LogP contribution is 2.33. The van der Waals surface area contributed by atoms with E-state index in [1.54, 1.807) is 0 Å². The maximum absolute atomic E-state index is 12.2. The molecule has 4 rings (SSSR count). The highest BCUT2D eigenvalue weighted by atomic mass is 16.3. The summed E-state index contributed by atoms with van der Waals surface area (Å²) in [6, 6.07) is 7.91. The molecule has 3 heterocycles. The van der Waals surface area contributed by atoms with Crippen LogP contribution in [0.4, 0.5) is 5.69 Å². The molecule has 0 bridgehead atoms. The van der Waals surface area contributed by atoms with Crippen molar-refractivity contribution in [1.82, 2.24) is 9.88 Å². The highest BCUT2D eigenvalue weighted by Gasteiger charge is 2.29. The van der Waals surface area contributed by atoms with Crippen LogP contribution in [0.1, 0.15) is 31.7 Å². The zero-order valence-corrected chi connectivity index (χ0v) is 14.1. The van der Waals surface area contributed by atoms with E-state index in [2.05, 4.69) is 22.3 Å². The Morgan fingerprint density at radius 1 is 1.12 bits per heavy atom. The minimum Gasteiger partial charge on any atom is -0.396 e. The van der Waals surface area contributed by atoms with Gasteiger partial charge in [0.2, 0.25) is 11.8 Å². The first-order valence-corrected chi connectivity index (χ1v) is 8.96. The monoisotopic (exact) mass is 341 g/mol. The number of aliphatic hydroxyl groups excluding tert-OH is 1. The molecule has 2 saturated heterocycles. The Bertz CT molecular complexity index is 805. The second-order valence-electron chi connectivity index (χ2n) is 7.01. The lowest BCUT2D eigenvalue weighted by molar-refractivity contribution is -0.135. The molecule has 0 radical (unpaired) electrons. The predicted molar refractivity (Wildman–Crippen MR) is 95.4 cm³/mol. The maximum atomic E-state index is 12.2. The molecule has 2 N–H and O–H groups in total. The van der Waals surface area contributed by atoms with Crippen molar-refractivity contribution in [3.63, 3.8) is 0 Å². The van der Waals surface area contributed by atoms with Gasteiger partial charge in [-0.25, -0.2) is 0 Å². The zero-order valence-electron chi connectivity index (χ0n) is 14.1. The van der Waals surface area contributed by atoms with Crippen LogP contribution in [0.5, 0.6) is 0 Å². The van der Waals surface area contributed by atoms with Crippen LogP contribution in [0.2, 0.25) is 0 Å². The molecule has 0 unspecified atom stereocenters. The molecule has 1 aromatic carbocycles. The van der Waals surface area contributed by atoms with Gasteiger partial charge in [0, 0.05) is 43.4 Å². The van der Waals surface area contributed by atoms with E-state index in [1.807, 2.05) is 22.9 Å². The van der Waals surface area contributed by atoms with Crippen LogP contribution in [0, 0.1) is 5.92 Å². The van der Waals surface area contributed by atoms with Gasteiger partial charge in [-0.05, 0) is 43.4 Å². The SMILES string of the molecule is O=C1CC[C@@H](n2ccc3c(N4CCC(CO)CC4)cccc32)C(=O)N1. The van der Waals surface area contributed by atoms with E-state index >= 15 is 0 Å². The Kier molecular flexibility index (Phi) is 4.21. The van der Waals surface area contributed by atoms with Crippen LogP contribution in [0.15, 0.2) is 30.5 Å². The number of carbonyl (C=O) groups is 2. The van der Waals surface area contributed by atoms with E-state index in [9.17, 15) is 14.7 Å². The molecule has 0 aliphatic carbocycles. The third kappa shape index (κ3) is 2.91. The van der Waals surface area contributed by atoms with Gasteiger partial charge in [0.1, 0.15) is 6.04 Å². The summed E-state index contributed by atoms with van der Waals surface area (Å²) >= 11 is 0. The van der Waals surface area contributed by atoms with Gasteiger partial charge in [0.05, 0.1) is 5.52 Å². The number of aromatic nitrogens is 1. The van der Waals surface area contributed by atoms with Crippen LogP contribution >= 0.6 is 0 Å². The number of hydrogen-bond acceptors (Lipinski definition) is 4. The van der Waals surface area contributed by atoms with Crippen molar-refractivity contribution in [2.24, 2.45) is 5.92 Å². The first kappa shape index (κ1) is 16.1. The number of imide groups is 1. The topological polar surface area (TPSA) is 74.6 Å². The summed E-state index contributed by atoms with van der Waals surface area (Å²) in [6.07, 6.45) is 4.88. The third-order valence-corrected chi connectivity index (χ3v) is 5.50. The summed E-state index contributed by atoms with van der Waals surface area (Å²) in [5.74, 6) is -0.00316. The fourth-order valence-corrected chi connectivity index (χ4v) is 4.02. The van der Waals surface area contributed by atoms with E-state index in [0.29, 0.717) is 18.8 Å². The molecule has 25 heavy (non-hydrogen) atoms. The van der Waals surface area contributed by atoms with Crippen LogP contribution in [-0.4, -0.2) is 41.2 Å². The summed E-state index contributed by atoms with van der Waals surface area (Å²) in [7, 11) is 0. The van der Waals surface area contributed by atoms with Gasteiger partial charge in [0.25, 0.3) is 0 Å². The van der Waals surface area contributed by atoms with Crippen LogP contribution in [0.3, 0.4) is 0 Å². The average Bonchev–Trinajstić information content (AvgIpc) is 3.06. The lowest BCUT2D eigenvalue weighted by atomic mass is 9.97. The van der Waals surface area contributed by atoms with Gasteiger partial charge >= 0.3 is 0 Å². The largest absolute Gasteiger partial charge is 0.396 e. The number of fused-ring (bicyclic) bond motifs is 1. The minimum absolute atomic E-state index is 0.190. The highest BCUT2D eigenvalue weighted by molar-refractivity contribution is 6.01. The number of benzene rings is 1. The Hall–Kier alpha value is -2.34. The van der Waals surface area contributed by atoms with Crippen molar-refractivity contribution < 1.29 is 14.7 Å². The third-order valence-electron chi connectivity index (χ3n) is 5.50. The molecule has 132 valence electrons. The summed E-state index contributed by atoms with van der Waals surface area (Å²) in [6.45, 7) is 2.14. The number of hydrogen-bond donors (Lipinski definition) is 2. The molecule has 6 heteroatoms. The van der Waals surface area contributed by atoms with Crippen molar-refractivity contribution in [1.29, 1.82) is 0 Å². The molecule has 2 aliphatic rings. The van der Waals surface area contributed by atoms with Crippen LogP contribution < -0.4 is 10.2 Å². The number of amides is 2. The zero-order chi connectivity index (χ0) is 17.4. The molecule has 1 aromatic heterocycles. The van der Waals surface area contributed by atoms with E-state index in [-0.39, 0.29) is 24.5 Å². The van der Waals surface area contributed by atoms with E-state index in [1.165, 1.54) is 5.69 Å². The molecule has 2 amide bonds. The van der Waals surface area contributed by atoms with Crippen molar-refractivity contribution in [3.05, 3.63) is 30.5 Å². The maximum Gasteiger partial charge on any atom is 0.249 e. The van der Waals surface area contributed by atoms with Gasteiger partial charge in [-0.3, -0.25) is 14.9 Å². The van der Waals surface area contributed by atoms with Crippen LogP contribution in [-0.2, 0) is 9.59 Å². The summed E-state index contributed by atoms with van der Waals surface area (Å²) in [4.78, 5) is 26.0. The summed E-state index contributed by atoms with van der Waals surface area (Å²) in [5.41, 5.74) is 2.20. The van der Waals surface area contributed by atoms with Gasteiger partial charge in [-0.2, -0.15) is 0 Å². The molecular formula is C19H23N3O3. The standard InChI is InChI=1S/C19H23N3O3/c23-12-13-6-9-21(10-7-13)15-2-1-3-16-14(15)8-11-22(16)17-4-5-18(24)20-19(17)25/h1-3,8,11,13,17,23H,4-7,9-10,12H2,(H,20,24,25)/t17-/m1/s1. The first-order chi connectivity index (χ1) is 12.2. The molecule has 0 spiro atoms. The molecular weight excluding hydrogens is 318 g/mol. The van der Waals surface area contributed by atoms with E-state index < -0.39 is 0 Å². The number of carbonyl (C=O) groups excluding carboxylic acids is 2. The minimum atomic E-state index is -0.328. The lowest BCUT2D eigenvalue weighted by Gasteiger charge is -2.33. The Balaban J connectivity index is 1.65. The molecule has 1 atom stereocenters. The Morgan fingerprint density at radius 3 is 2.64 bits per heavy atom. The smallest absolute Gasteiger partial charge is 0.249 e. The average molecular weight is 341 g/mol.